The van der Waals surface area contributed by atoms with Gasteiger partial charge in [0.05, 0.1) is 32.3 Å². The van der Waals surface area contributed by atoms with E-state index in [1.54, 1.807) is 32.9 Å². The average Bonchev–Trinajstić information content (AvgIpc) is 2.76. The molecule has 0 aromatic heterocycles. The predicted octanol–water partition coefficient (Wildman–Crippen LogP) is 4.61. The summed E-state index contributed by atoms with van der Waals surface area (Å²) in [6.45, 7) is 5.96. The molecule has 1 unspecified atom stereocenters. The average molecular weight is 435 g/mol. The highest BCUT2D eigenvalue weighted by atomic mass is 19.1. The summed E-state index contributed by atoms with van der Waals surface area (Å²) >= 11 is 0. The topological polar surface area (TPSA) is 74.2 Å². The van der Waals surface area contributed by atoms with E-state index >= 15 is 0 Å². The predicted molar refractivity (Wildman–Crippen MR) is 115 cm³/mol. The van der Waals surface area contributed by atoms with Crippen molar-refractivity contribution in [3.05, 3.63) is 59.9 Å². The van der Waals surface area contributed by atoms with Gasteiger partial charge in [-0.15, -0.1) is 0 Å². The van der Waals surface area contributed by atoms with E-state index in [-0.39, 0.29) is 32.2 Å². The van der Waals surface area contributed by atoms with Crippen molar-refractivity contribution in [1.29, 1.82) is 0 Å². The third-order valence-electron chi connectivity index (χ3n) is 4.65. The van der Waals surface area contributed by atoms with Crippen LogP contribution in [0.15, 0.2) is 48.5 Å². The molecule has 0 aliphatic rings. The molecule has 7 heteroatoms. The molecule has 0 saturated carbocycles. The molecule has 1 atom stereocenters. The van der Waals surface area contributed by atoms with E-state index in [9.17, 15) is 14.3 Å². The summed E-state index contributed by atoms with van der Waals surface area (Å²) in [5.41, 5.74) is 1.83. The summed E-state index contributed by atoms with van der Waals surface area (Å²) in [5, 5.41) is 9.99. The fraction of sp³-hybridized carbons (Fsp3) is 0.458. The zero-order valence-corrected chi connectivity index (χ0v) is 18.3. The molecule has 6 nitrogen and oxygen atoms in total. The molecule has 0 aliphatic carbocycles. The van der Waals surface area contributed by atoms with Gasteiger partial charge < -0.3 is 24.1 Å². The molecule has 0 heterocycles. The second-order valence-corrected chi connectivity index (χ2v) is 6.94. The van der Waals surface area contributed by atoms with Gasteiger partial charge in [-0.2, -0.15) is 0 Å². The van der Waals surface area contributed by atoms with E-state index in [2.05, 4.69) is 0 Å². The van der Waals surface area contributed by atoms with Gasteiger partial charge in [0.1, 0.15) is 5.82 Å². The summed E-state index contributed by atoms with van der Waals surface area (Å²) in [6, 6.07) is 14.0. The van der Waals surface area contributed by atoms with Crippen molar-refractivity contribution >= 4 is 5.97 Å². The molecule has 31 heavy (non-hydrogen) atoms. The van der Waals surface area contributed by atoms with Crippen molar-refractivity contribution in [2.75, 3.05) is 26.4 Å². The van der Waals surface area contributed by atoms with Crippen molar-refractivity contribution in [2.45, 2.75) is 45.7 Å². The summed E-state index contributed by atoms with van der Waals surface area (Å²) in [6.07, 6.45) is -0.983. The molecule has 0 aliphatic heterocycles. The zero-order chi connectivity index (χ0) is 22.7. The van der Waals surface area contributed by atoms with Gasteiger partial charge in [0.25, 0.3) is 0 Å². The molecule has 2 aromatic carbocycles. The fourth-order valence-electron chi connectivity index (χ4n) is 2.98. The quantitative estimate of drug-likeness (QED) is 0.282. The summed E-state index contributed by atoms with van der Waals surface area (Å²) < 4.78 is 35.1. The molecule has 2 aromatic rings. The first-order chi connectivity index (χ1) is 14.9. The first kappa shape index (κ1) is 24.9. The summed E-state index contributed by atoms with van der Waals surface area (Å²) in [5.74, 6) is -1.39. The maximum atomic E-state index is 14.6. The largest absolute Gasteiger partial charge is 0.465 e. The first-order valence-electron chi connectivity index (χ1n) is 10.6. The number of aliphatic hydroxyl groups is 1. The number of carbonyl (C=O) groups is 1. The number of esters is 1. The van der Waals surface area contributed by atoms with Crippen LogP contribution in [0.25, 0.3) is 11.1 Å². The maximum Gasteiger partial charge on any atom is 0.410 e. The summed E-state index contributed by atoms with van der Waals surface area (Å²) in [7, 11) is 0. The lowest BCUT2D eigenvalue weighted by atomic mass is 9.97. The first-order valence-corrected chi connectivity index (χ1v) is 10.6. The Labute approximate surface area is 182 Å². The highest BCUT2D eigenvalue weighted by molar-refractivity contribution is 5.78. The minimum absolute atomic E-state index is 0.176. The molecule has 0 saturated heterocycles. The van der Waals surface area contributed by atoms with Crippen molar-refractivity contribution in [3.8, 4) is 11.1 Å². The molecular formula is C24H31FO6. The Morgan fingerprint density at radius 3 is 2.26 bits per heavy atom. The molecule has 0 bridgehead atoms. The Morgan fingerprint density at radius 2 is 1.65 bits per heavy atom. The normalized spacial score (nSPS) is 12.5. The number of rotatable bonds is 13. The molecule has 2 rings (SSSR count). The second kappa shape index (κ2) is 12.5. The van der Waals surface area contributed by atoms with Gasteiger partial charge in [0.2, 0.25) is 0 Å². The lowest BCUT2D eigenvalue weighted by Gasteiger charge is -2.26. The van der Waals surface area contributed by atoms with Crippen LogP contribution in [0, 0.1) is 5.82 Å². The van der Waals surface area contributed by atoms with Crippen LogP contribution in [0.1, 0.15) is 45.1 Å². The second-order valence-electron chi connectivity index (χ2n) is 6.94. The minimum atomic E-state index is -2.05. The van der Waals surface area contributed by atoms with Crippen LogP contribution in [0.2, 0.25) is 0 Å². The molecule has 170 valence electrons. The van der Waals surface area contributed by atoms with Gasteiger partial charge in [-0.05, 0) is 50.8 Å². The van der Waals surface area contributed by atoms with Crippen LogP contribution in [-0.4, -0.2) is 43.7 Å². The number of benzene rings is 2. The van der Waals surface area contributed by atoms with Gasteiger partial charge in [-0.1, -0.05) is 42.5 Å². The maximum absolute atomic E-state index is 14.6. The van der Waals surface area contributed by atoms with E-state index in [0.29, 0.717) is 24.0 Å². The standard InChI is InChI=1S/C24H31FO6/c1-4-29-24(27,30-5-2)31-16-10-9-15-28-23(26)18(3)20-13-14-21(22(25)17-20)19-11-7-6-8-12-19/h6-8,11-14,17-18,27H,4-5,9-10,15-16H2,1-3H3. The number of hydrogen-bond donors (Lipinski definition) is 1. The lowest BCUT2D eigenvalue weighted by Crippen LogP contribution is -2.39. The Balaban J connectivity index is 1.78. The van der Waals surface area contributed by atoms with Crippen molar-refractivity contribution in [2.24, 2.45) is 0 Å². The molecule has 0 fully saturated rings. The zero-order valence-electron chi connectivity index (χ0n) is 18.3. The highest BCUT2D eigenvalue weighted by Crippen LogP contribution is 2.26. The van der Waals surface area contributed by atoms with Gasteiger partial charge in [-0.25, -0.2) is 4.39 Å². The van der Waals surface area contributed by atoms with Gasteiger partial charge in [0.15, 0.2) is 0 Å². The molecule has 1 N–H and O–H groups in total. The number of unbranched alkanes of at least 4 members (excludes halogenated alkanes) is 1. The van der Waals surface area contributed by atoms with Crippen LogP contribution in [-0.2, 0) is 23.7 Å². The van der Waals surface area contributed by atoms with E-state index in [0.717, 1.165) is 5.56 Å². The SMILES string of the molecule is CCOC(O)(OCC)OCCCCOC(=O)C(C)c1ccc(-c2ccccc2)c(F)c1. The molecular weight excluding hydrogens is 403 g/mol. The van der Waals surface area contributed by atoms with Gasteiger partial charge in [0, 0.05) is 5.56 Å². The van der Waals surface area contributed by atoms with Crippen LogP contribution in [0.4, 0.5) is 4.39 Å². The van der Waals surface area contributed by atoms with E-state index < -0.39 is 18.0 Å². The fourth-order valence-corrected chi connectivity index (χ4v) is 2.98. The third-order valence-corrected chi connectivity index (χ3v) is 4.65. The van der Waals surface area contributed by atoms with Crippen LogP contribution in [0.5, 0.6) is 0 Å². The van der Waals surface area contributed by atoms with Crippen molar-refractivity contribution < 1.29 is 33.2 Å². The van der Waals surface area contributed by atoms with E-state index in [1.807, 2.05) is 30.3 Å². The Hall–Kier alpha value is -2.32. The Morgan fingerprint density at radius 1 is 1.00 bits per heavy atom. The monoisotopic (exact) mass is 434 g/mol. The lowest BCUT2D eigenvalue weighted by molar-refractivity contribution is -0.483. The van der Waals surface area contributed by atoms with Crippen molar-refractivity contribution in [3.63, 3.8) is 0 Å². The smallest absolute Gasteiger partial charge is 0.410 e. The number of ether oxygens (including phenoxy) is 4. The van der Waals surface area contributed by atoms with Gasteiger partial charge >= 0.3 is 12.1 Å². The molecule has 0 spiro atoms. The van der Waals surface area contributed by atoms with E-state index in [4.69, 9.17) is 18.9 Å². The van der Waals surface area contributed by atoms with Crippen LogP contribution in [0.3, 0.4) is 0 Å². The highest BCUT2D eigenvalue weighted by Gasteiger charge is 2.29. The third kappa shape index (κ3) is 7.70. The molecule has 0 radical (unpaired) electrons. The Bertz CT molecular complexity index is 805. The number of hydrogen-bond acceptors (Lipinski definition) is 6. The van der Waals surface area contributed by atoms with Crippen LogP contribution < -0.4 is 0 Å². The van der Waals surface area contributed by atoms with Crippen LogP contribution >= 0.6 is 0 Å². The number of carbonyl (C=O) groups excluding carboxylic acids is 1. The summed E-state index contributed by atoms with van der Waals surface area (Å²) in [4.78, 5) is 12.3. The Kier molecular flexibility index (Phi) is 10.1. The van der Waals surface area contributed by atoms with Crippen molar-refractivity contribution in [1.82, 2.24) is 0 Å². The molecule has 0 amide bonds. The minimum Gasteiger partial charge on any atom is -0.465 e. The van der Waals surface area contributed by atoms with Gasteiger partial charge in [-0.3, -0.25) is 4.79 Å². The number of halogens is 1. The van der Waals surface area contributed by atoms with E-state index in [1.165, 1.54) is 6.07 Å².